The van der Waals surface area contributed by atoms with E-state index in [4.69, 9.17) is 4.42 Å². The van der Waals surface area contributed by atoms with E-state index in [0.717, 1.165) is 32.9 Å². The van der Waals surface area contributed by atoms with E-state index >= 15 is 0 Å². The number of fused-ring (bicyclic) bond motifs is 1. The predicted octanol–water partition coefficient (Wildman–Crippen LogP) is 3.97. The summed E-state index contributed by atoms with van der Waals surface area (Å²) in [7, 11) is 0. The highest BCUT2D eigenvalue weighted by Gasteiger charge is 2.11. The Bertz CT molecular complexity index is 697. The first-order chi connectivity index (χ1) is 8.15. The zero-order valence-corrected chi connectivity index (χ0v) is 11.2. The maximum Gasteiger partial charge on any atom is 0.151 e. The van der Waals surface area contributed by atoms with Gasteiger partial charge in [-0.3, -0.25) is 0 Å². The van der Waals surface area contributed by atoms with Crippen molar-refractivity contribution in [2.75, 3.05) is 0 Å². The molecule has 0 saturated heterocycles. The maximum absolute atomic E-state index is 5.53. The molecule has 3 aromatic heterocycles. The molecular formula is C13H11BrN2O. The molecule has 0 fully saturated rings. The lowest BCUT2D eigenvalue weighted by Crippen LogP contribution is -1.80. The van der Waals surface area contributed by atoms with Crippen LogP contribution in [-0.4, -0.2) is 9.38 Å². The SMILES string of the molecule is Cc1cc(-c2cn3cccc(Br)c3n2)c(C)o1. The van der Waals surface area contributed by atoms with E-state index in [9.17, 15) is 0 Å². The lowest BCUT2D eigenvalue weighted by atomic mass is 10.2. The largest absolute Gasteiger partial charge is 0.466 e. The second kappa shape index (κ2) is 3.74. The van der Waals surface area contributed by atoms with Gasteiger partial charge in [-0.05, 0) is 48.0 Å². The van der Waals surface area contributed by atoms with Gasteiger partial charge in [-0.1, -0.05) is 0 Å². The summed E-state index contributed by atoms with van der Waals surface area (Å²) in [6.07, 6.45) is 4.00. The van der Waals surface area contributed by atoms with E-state index < -0.39 is 0 Å². The second-order valence-corrected chi connectivity index (χ2v) is 4.89. The number of halogens is 1. The summed E-state index contributed by atoms with van der Waals surface area (Å²) in [5, 5.41) is 0. The van der Waals surface area contributed by atoms with Gasteiger partial charge in [0.2, 0.25) is 0 Å². The van der Waals surface area contributed by atoms with Gasteiger partial charge in [-0.25, -0.2) is 4.98 Å². The molecule has 0 aliphatic rings. The first-order valence-corrected chi connectivity index (χ1v) is 6.15. The van der Waals surface area contributed by atoms with E-state index in [2.05, 4.69) is 20.9 Å². The van der Waals surface area contributed by atoms with E-state index in [-0.39, 0.29) is 0 Å². The molecule has 4 heteroatoms. The smallest absolute Gasteiger partial charge is 0.151 e. The summed E-state index contributed by atoms with van der Waals surface area (Å²) in [5.74, 6) is 1.82. The molecule has 0 amide bonds. The van der Waals surface area contributed by atoms with Gasteiger partial charge in [0, 0.05) is 18.0 Å². The highest BCUT2D eigenvalue weighted by atomic mass is 79.9. The number of furan rings is 1. The zero-order chi connectivity index (χ0) is 12.0. The van der Waals surface area contributed by atoms with Gasteiger partial charge < -0.3 is 8.82 Å². The van der Waals surface area contributed by atoms with Crippen molar-refractivity contribution in [1.82, 2.24) is 9.38 Å². The highest BCUT2D eigenvalue weighted by molar-refractivity contribution is 9.10. The summed E-state index contributed by atoms with van der Waals surface area (Å²) in [5.41, 5.74) is 2.91. The van der Waals surface area contributed by atoms with Crippen molar-refractivity contribution in [1.29, 1.82) is 0 Å². The molecule has 3 aromatic rings. The van der Waals surface area contributed by atoms with Crippen molar-refractivity contribution < 1.29 is 4.42 Å². The molecule has 0 unspecified atom stereocenters. The van der Waals surface area contributed by atoms with Gasteiger partial charge in [0.1, 0.15) is 11.5 Å². The Morgan fingerprint density at radius 2 is 2.18 bits per heavy atom. The number of nitrogens with zero attached hydrogens (tertiary/aromatic N) is 2. The van der Waals surface area contributed by atoms with Crippen LogP contribution in [0.3, 0.4) is 0 Å². The Kier molecular flexibility index (Phi) is 2.33. The minimum Gasteiger partial charge on any atom is -0.466 e. The van der Waals surface area contributed by atoms with E-state index in [1.54, 1.807) is 0 Å². The van der Waals surface area contributed by atoms with Gasteiger partial charge in [-0.2, -0.15) is 0 Å². The third kappa shape index (κ3) is 1.69. The van der Waals surface area contributed by atoms with Crippen LogP contribution < -0.4 is 0 Å². The third-order valence-electron chi connectivity index (χ3n) is 2.75. The minimum atomic E-state index is 0.905. The molecule has 0 N–H and O–H groups in total. The molecule has 0 saturated carbocycles. The van der Waals surface area contributed by atoms with E-state index in [0.29, 0.717) is 0 Å². The first-order valence-electron chi connectivity index (χ1n) is 5.36. The molecule has 0 aliphatic carbocycles. The average molecular weight is 291 g/mol. The molecule has 3 heterocycles. The Labute approximate surface area is 107 Å². The van der Waals surface area contributed by atoms with Crippen molar-refractivity contribution in [3.05, 3.63) is 46.6 Å². The average Bonchev–Trinajstić information content (AvgIpc) is 2.82. The van der Waals surface area contributed by atoms with Crippen LogP contribution in [-0.2, 0) is 0 Å². The summed E-state index contributed by atoms with van der Waals surface area (Å²) >= 11 is 3.50. The van der Waals surface area contributed by atoms with Crippen molar-refractivity contribution in [2.24, 2.45) is 0 Å². The predicted molar refractivity (Wildman–Crippen MR) is 70.1 cm³/mol. The number of pyridine rings is 1. The van der Waals surface area contributed by atoms with Gasteiger partial charge in [0.25, 0.3) is 0 Å². The summed E-state index contributed by atoms with van der Waals surface area (Å²) in [4.78, 5) is 4.61. The number of imidazole rings is 1. The van der Waals surface area contributed by atoms with Crippen LogP contribution in [0.15, 0.2) is 39.5 Å². The summed E-state index contributed by atoms with van der Waals surface area (Å²) in [6, 6.07) is 5.99. The maximum atomic E-state index is 5.53. The van der Waals surface area contributed by atoms with Crippen molar-refractivity contribution in [3.8, 4) is 11.3 Å². The lowest BCUT2D eigenvalue weighted by molar-refractivity contribution is 0.505. The molecule has 3 rings (SSSR count). The normalized spacial score (nSPS) is 11.2. The fourth-order valence-electron chi connectivity index (χ4n) is 1.99. The summed E-state index contributed by atoms with van der Waals surface area (Å²) in [6.45, 7) is 3.91. The zero-order valence-electron chi connectivity index (χ0n) is 9.57. The van der Waals surface area contributed by atoms with E-state index in [1.807, 2.05) is 48.8 Å². The van der Waals surface area contributed by atoms with Crippen LogP contribution in [0.4, 0.5) is 0 Å². The van der Waals surface area contributed by atoms with Gasteiger partial charge >= 0.3 is 0 Å². The highest BCUT2D eigenvalue weighted by Crippen LogP contribution is 2.27. The third-order valence-corrected chi connectivity index (χ3v) is 3.37. The lowest BCUT2D eigenvalue weighted by Gasteiger charge is -1.92. The molecular weight excluding hydrogens is 280 g/mol. The second-order valence-electron chi connectivity index (χ2n) is 4.04. The molecule has 0 bridgehead atoms. The van der Waals surface area contributed by atoms with Gasteiger partial charge in [0.05, 0.1) is 10.2 Å². The first kappa shape index (κ1) is 10.6. The fourth-order valence-corrected chi connectivity index (χ4v) is 2.44. The molecule has 0 spiro atoms. The van der Waals surface area contributed by atoms with Crippen LogP contribution in [0.5, 0.6) is 0 Å². The fraction of sp³-hybridized carbons (Fsp3) is 0.154. The van der Waals surface area contributed by atoms with E-state index in [1.165, 1.54) is 0 Å². The number of aryl methyl sites for hydroxylation is 2. The van der Waals surface area contributed by atoms with Gasteiger partial charge in [0.15, 0.2) is 5.65 Å². The summed E-state index contributed by atoms with van der Waals surface area (Å²) < 4.78 is 8.53. The Hall–Kier alpha value is -1.55. The minimum absolute atomic E-state index is 0.905. The van der Waals surface area contributed by atoms with Crippen molar-refractivity contribution in [2.45, 2.75) is 13.8 Å². The number of aromatic nitrogens is 2. The standard InChI is InChI=1S/C13H11BrN2O/c1-8-6-10(9(2)17-8)12-7-16-5-3-4-11(14)13(16)15-12/h3-7H,1-2H3. The molecule has 0 aliphatic heterocycles. The van der Waals surface area contributed by atoms with Crippen LogP contribution >= 0.6 is 15.9 Å². The van der Waals surface area contributed by atoms with Crippen LogP contribution in [0.1, 0.15) is 11.5 Å². The molecule has 86 valence electrons. The molecule has 0 atom stereocenters. The van der Waals surface area contributed by atoms with Gasteiger partial charge in [-0.15, -0.1) is 0 Å². The Balaban J connectivity index is 2.25. The number of hydrogen-bond donors (Lipinski definition) is 0. The van der Waals surface area contributed by atoms with Crippen LogP contribution in [0.2, 0.25) is 0 Å². The molecule has 17 heavy (non-hydrogen) atoms. The Morgan fingerprint density at radius 1 is 1.35 bits per heavy atom. The molecule has 0 aromatic carbocycles. The molecule has 3 nitrogen and oxygen atoms in total. The van der Waals surface area contributed by atoms with Crippen molar-refractivity contribution >= 4 is 21.6 Å². The molecule has 0 radical (unpaired) electrons. The van der Waals surface area contributed by atoms with Crippen molar-refractivity contribution in [3.63, 3.8) is 0 Å². The topological polar surface area (TPSA) is 30.4 Å². The Morgan fingerprint density at radius 3 is 2.82 bits per heavy atom. The van der Waals surface area contributed by atoms with Crippen LogP contribution in [0.25, 0.3) is 16.9 Å². The quantitative estimate of drug-likeness (QED) is 0.679. The number of hydrogen-bond acceptors (Lipinski definition) is 2. The number of rotatable bonds is 1. The van der Waals surface area contributed by atoms with Crippen LogP contribution in [0, 0.1) is 13.8 Å². The monoisotopic (exact) mass is 290 g/mol.